The lowest BCUT2D eigenvalue weighted by Gasteiger charge is -2.30. The molecule has 0 spiro atoms. The molecular weight excluding hydrogens is 358 g/mol. The van der Waals surface area contributed by atoms with Crippen molar-refractivity contribution < 1.29 is 9.21 Å². The van der Waals surface area contributed by atoms with E-state index in [0.717, 1.165) is 53.5 Å². The van der Waals surface area contributed by atoms with Crippen LogP contribution in [0.15, 0.2) is 64.7 Å². The van der Waals surface area contributed by atoms with Crippen LogP contribution < -0.4 is 0 Å². The quantitative estimate of drug-likeness (QED) is 0.520. The minimum Gasteiger partial charge on any atom is -0.440 e. The molecule has 27 heavy (non-hydrogen) atoms. The molecule has 1 fully saturated rings. The number of benzene rings is 1. The number of aromatic nitrogens is 2. The SMILES string of the molecule is O=C(c1sccc1-n1cccc1)N1CCC(c2nc3ccccc3o2)CC1. The Labute approximate surface area is 160 Å². The molecule has 0 N–H and O–H groups in total. The normalized spacial score (nSPS) is 15.5. The second kappa shape index (κ2) is 6.70. The fourth-order valence-electron chi connectivity index (χ4n) is 3.70. The molecule has 0 aliphatic carbocycles. The second-order valence-electron chi connectivity index (χ2n) is 6.81. The molecule has 3 aromatic heterocycles. The van der Waals surface area contributed by atoms with E-state index in [1.807, 2.05) is 69.7 Å². The molecule has 6 heteroatoms. The average molecular weight is 377 g/mol. The Hall–Kier alpha value is -2.86. The largest absolute Gasteiger partial charge is 0.440 e. The fraction of sp³-hybridized carbons (Fsp3) is 0.238. The summed E-state index contributed by atoms with van der Waals surface area (Å²) in [6, 6.07) is 13.8. The molecule has 5 rings (SSSR count). The number of likely N-dealkylation sites (tertiary alicyclic amines) is 1. The maximum atomic E-state index is 13.0. The van der Waals surface area contributed by atoms with E-state index in [1.165, 1.54) is 11.3 Å². The van der Waals surface area contributed by atoms with Crippen molar-refractivity contribution in [1.82, 2.24) is 14.5 Å². The van der Waals surface area contributed by atoms with Gasteiger partial charge in [0.15, 0.2) is 11.5 Å². The van der Waals surface area contributed by atoms with Gasteiger partial charge in [-0.25, -0.2) is 4.98 Å². The number of nitrogens with zero attached hydrogens (tertiary/aromatic N) is 3. The Balaban J connectivity index is 1.31. The van der Waals surface area contributed by atoms with E-state index < -0.39 is 0 Å². The lowest BCUT2D eigenvalue weighted by Crippen LogP contribution is -2.38. The topological polar surface area (TPSA) is 51.3 Å². The third-order valence-electron chi connectivity index (χ3n) is 5.16. The van der Waals surface area contributed by atoms with Gasteiger partial charge in [0.25, 0.3) is 5.91 Å². The van der Waals surface area contributed by atoms with E-state index in [0.29, 0.717) is 0 Å². The molecule has 0 radical (unpaired) electrons. The summed E-state index contributed by atoms with van der Waals surface area (Å²) in [4.78, 5) is 20.4. The zero-order chi connectivity index (χ0) is 18.2. The second-order valence-corrected chi connectivity index (χ2v) is 7.73. The smallest absolute Gasteiger partial charge is 0.266 e. The molecule has 0 saturated carbocycles. The van der Waals surface area contributed by atoms with Crippen molar-refractivity contribution >= 4 is 28.3 Å². The van der Waals surface area contributed by atoms with Gasteiger partial charge in [0, 0.05) is 31.4 Å². The van der Waals surface area contributed by atoms with Crippen LogP contribution in [0.1, 0.15) is 34.3 Å². The zero-order valence-electron chi connectivity index (χ0n) is 14.7. The zero-order valence-corrected chi connectivity index (χ0v) is 15.6. The number of hydrogen-bond acceptors (Lipinski definition) is 4. The maximum absolute atomic E-state index is 13.0. The molecule has 0 unspecified atom stereocenters. The van der Waals surface area contributed by atoms with Gasteiger partial charge in [-0.1, -0.05) is 12.1 Å². The predicted molar refractivity (Wildman–Crippen MR) is 106 cm³/mol. The summed E-state index contributed by atoms with van der Waals surface area (Å²) in [6.07, 6.45) is 5.70. The molecule has 4 aromatic rings. The van der Waals surface area contributed by atoms with Crippen molar-refractivity contribution in [3.8, 4) is 5.69 Å². The van der Waals surface area contributed by atoms with E-state index >= 15 is 0 Å². The van der Waals surface area contributed by atoms with Crippen molar-refractivity contribution in [3.63, 3.8) is 0 Å². The van der Waals surface area contributed by atoms with Crippen LogP contribution in [0.2, 0.25) is 0 Å². The van der Waals surface area contributed by atoms with Crippen molar-refractivity contribution in [3.05, 3.63) is 71.0 Å². The van der Waals surface area contributed by atoms with Crippen molar-refractivity contribution in [2.45, 2.75) is 18.8 Å². The molecule has 0 bridgehead atoms. The summed E-state index contributed by atoms with van der Waals surface area (Å²) >= 11 is 1.51. The number of carbonyl (C=O) groups excluding carboxylic acids is 1. The van der Waals surface area contributed by atoms with Crippen LogP contribution in [0.5, 0.6) is 0 Å². The summed E-state index contributed by atoms with van der Waals surface area (Å²) in [6.45, 7) is 1.45. The van der Waals surface area contributed by atoms with E-state index in [4.69, 9.17) is 4.42 Å². The molecule has 5 nitrogen and oxygen atoms in total. The van der Waals surface area contributed by atoms with Crippen molar-refractivity contribution in [2.75, 3.05) is 13.1 Å². The molecule has 136 valence electrons. The van der Waals surface area contributed by atoms with Crippen LogP contribution in [0.25, 0.3) is 16.8 Å². The number of oxazole rings is 1. The van der Waals surface area contributed by atoms with Gasteiger partial charge in [0.2, 0.25) is 0 Å². The van der Waals surface area contributed by atoms with Gasteiger partial charge in [-0.3, -0.25) is 4.79 Å². The lowest BCUT2D eigenvalue weighted by molar-refractivity contribution is 0.0711. The number of thiophene rings is 1. The van der Waals surface area contributed by atoms with Crippen molar-refractivity contribution in [2.24, 2.45) is 0 Å². The lowest BCUT2D eigenvalue weighted by atomic mass is 9.96. The first-order valence-corrected chi connectivity index (χ1v) is 10.0. The molecule has 1 aliphatic rings. The summed E-state index contributed by atoms with van der Waals surface area (Å²) < 4.78 is 7.92. The number of carbonyl (C=O) groups is 1. The highest BCUT2D eigenvalue weighted by molar-refractivity contribution is 7.12. The number of rotatable bonds is 3. The Morgan fingerprint density at radius 1 is 1.07 bits per heavy atom. The molecule has 4 heterocycles. The van der Waals surface area contributed by atoms with E-state index in [9.17, 15) is 4.79 Å². The number of piperidine rings is 1. The maximum Gasteiger partial charge on any atom is 0.266 e. The third-order valence-corrected chi connectivity index (χ3v) is 6.05. The number of fused-ring (bicyclic) bond motifs is 1. The number of amides is 1. The van der Waals surface area contributed by atoms with Crippen molar-refractivity contribution in [1.29, 1.82) is 0 Å². The summed E-state index contributed by atoms with van der Waals surface area (Å²) in [5, 5.41) is 1.98. The van der Waals surface area contributed by atoms with Gasteiger partial charge in [-0.15, -0.1) is 11.3 Å². The summed E-state index contributed by atoms with van der Waals surface area (Å²) in [5.74, 6) is 1.19. The van der Waals surface area contributed by atoms with E-state index in [-0.39, 0.29) is 11.8 Å². The Bertz CT molecular complexity index is 1040. The first kappa shape index (κ1) is 16.3. The van der Waals surface area contributed by atoms with Crippen LogP contribution in [-0.4, -0.2) is 33.4 Å². The average Bonchev–Trinajstić information content (AvgIpc) is 3.47. The van der Waals surface area contributed by atoms with Gasteiger partial charge in [0.1, 0.15) is 10.4 Å². The third kappa shape index (κ3) is 2.96. The number of para-hydroxylation sites is 2. The Morgan fingerprint density at radius 3 is 2.63 bits per heavy atom. The fourth-order valence-corrected chi connectivity index (χ4v) is 4.56. The number of hydrogen-bond donors (Lipinski definition) is 0. The van der Waals surface area contributed by atoms with E-state index in [1.54, 1.807) is 0 Å². The van der Waals surface area contributed by atoms with Gasteiger partial charge >= 0.3 is 0 Å². The Kier molecular flexibility index (Phi) is 4.05. The molecule has 1 saturated heterocycles. The minimum absolute atomic E-state index is 0.115. The standard InChI is InChI=1S/C21H19N3O2S/c25-21(19-17(9-14-27-19)23-10-3-4-11-23)24-12-7-15(8-13-24)20-22-16-5-1-2-6-18(16)26-20/h1-6,9-11,14-15H,7-8,12-13H2. The highest BCUT2D eigenvalue weighted by atomic mass is 32.1. The van der Waals surface area contributed by atoms with Crippen LogP contribution in [0.4, 0.5) is 0 Å². The molecule has 1 aromatic carbocycles. The predicted octanol–water partition coefficient (Wildman–Crippen LogP) is 4.70. The molecule has 1 aliphatic heterocycles. The highest BCUT2D eigenvalue weighted by Gasteiger charge is 2.29. The monoisotopic (exact) mass is 377 g/mol. The van der Waals surface area contributed by atoms with Gasteiger partial charge < -0.3 is 13.9 Å². The highest BCUT2D eigenvalue weighted by Crippen LogP contribution is 2.31. The van der Waals surface area contributed by atoms with E-state index in [2.05, 4.69) is 4.98 Å². The Morgan fingerprint density at radius 2 is 1.85 bits per heavy atom. The first-order valence-electron chi connectivity index (χ1n) is 9.15. The molecule has 1 amide bonds. The first-order chi connectivity index (χ1) is 13.3. The molecular formula is C21H19N3O2S. The summed E-state index contributed by atoms with van der Waals surface area (Å²) in [5.41, 5.74) is 2.69. The van der Waals surface area contributed by atoms with Crippen LogP contribution in [0.3, 0.4) is 0 Å². The van der Waals surface area contributed by atoms with Gasteiger partial charge in [-0.05, 0) is 48.6 Å². The van der Waals surface area contributed by atoms with Crippen LogP contribution in [-0.2, 0) is 0 Å². The summed E-state index contributed by atoms with van der Waals surface area (Å²) in [7, 11) is 0. The minimum atomic E-state index is 0.115. The van der Waals surface area contributed by atoms with Crippen LogP contribution in [0, 0.1) is 0 Å². The van der Waals surface area contributed by atoms with Gasteiger partial charge in [-0.2, -0.15) is 0 Å². The molecule has 0 atom stereocenters. The van der Waals surface area contributed by atoms with Gasteiger partial charge in [0.05, 0.1) is 5.69 Å². The van der Waals surface area contributed by atoms with Crippen LogP contribution >= 0.6 is 11.3 Å².